The normalized spacial score (nSPS) is 22.9. The maximum absolute atomic E-state index is 13.5. The third-order valence-corrected chi connectivity index (χ3v) is 7.26. The first-order chi connectivity index (χ1) is 15.5. The van der Waals surface area contributed by atoms with Gasteiger partial charge in [-0.1, -0.05) is 36.8 Å². The molecule has 0 aliphatic heterocycles. The number of nitrogens with zero attached hydrogens (tertiary/aromatic N) is 1. The Balaban J connectivity index is 1.46. The van der Waals surface area contributed by atoms with Crippen LogP contribution in [0.3, 0.4) is 0 Å². The van der Waals surface area contributed by atoms with E-state index in [0.717, 1.165) is 39.7 Å². The molecule has 0 saturated heterocycles. The van der Waals surface area contributed by atoms with Gasteiger partial charge in [0, 0.05) is 17.0 Å². The number of aromatic nitrogens is 1. The molecular formula is C28H32N2O2. The summed E-state index contributed by atoms with van der Waals surface area (Å²) in [5.74, 6) is 3.06. The van der Waals surface area contributed by atoms with Crippen molar-refractivity contribution in [1.82, 2.24) is 10.3 Å². The summed E-state index contributed by atoms with van der Waals surface area (Å²) in [5, 5.41) is 4.23. The largest absolute Gasteiger partial charge is 0.491 e. The van der Waals surface area contributed by atoms with Crippen molar-refractivity contribution in [2.45, 2.75) is 58.6 Å². The molecule has 2 fully saturated rings. The van der Waals surface area contributed by atoms with Crippen LogP contribution in [0.4, 0.5) is 0 Å². The van der Waals surface area contributed by atoms with Gasteiger partial charge in [0.15, 0.2) is 0 Å². The minimum Gasteiger partial charge on any atom is -0.491 e. The maximum atomic E-state index is 13.5. The molecule has 2 saturated carbocycles. The predicted octanol–water partition coefficient (Wildman–Crippen LogP) is 6.24. The molecule has 2 aromatic carbocycles. The van der Waals surface area contributed by atoms with Gasteiger partial charge in [0.05, 0.1) is 22.9 Å². The Kier molecular flexibility index (Phi) is 5.62. The minimum absolute atomic E-state index is 0.00490. The lowest BCUT2D eigenvalue weighted by Gasteiger charge is -2.28. The third-order valence-electron chi connectivity index (χ3n) is 7.26. The van der Waals surface area contributed by atoms with E-state index in [9.17, 15) is 4.79 Å². The standard InChI is InChI=1S/C28H32N2O2/c1-17(2)32-22-8-6-7-21(15-22)27-16-25(23-9-4-5-10-26(23)30-27)28(31)29-18(3)24-14-19-11-12-20(24)13-19/h4-10,15-20,24H,11-14H2,1-3H3,(H,29,31). The number of amides is 1. The van der Waals surface area contributed by atoms with E-state index in [4.69, 9.17) is 9.72 Å². The first-order valence-corrected chi connectivity index (χ1v) is 12.0. The van der Waals surface area contributed by atoms with Crippen LogP contribution < -0.4 is 10.1 Å². The minimum atomic E-state index is -0.00490. The van der Waals surface area contributed by atoms with Gasteiger partial charge >= 0.3 is 0 Å². The van der Waals surface area contributed by atoms with Crippen LogP contribution in [0.25, 0.3) is 22.2 Å². The quantitative estimate of drug-likeness (QED) is 0.505. The van der Waals surface area contributed by atoms with E-state index < -0.39 is 0 Å². The second kappa shape index (κ2) is 8.57. The van der Waals surface area contributed by atoms with Crippen LogP contribution in [0.5, 0.6) is 5.75 Å². The van der Waals surface area contributed by atoms with E-state index in [1.54, 1.807) is 0 Å². The maximum Gasteiger partial charge on any atom is 0.252 e. The zero-order valence-electron chi connectivity index (χ0n) is 19.2. The van der Waals surface area contributed by atoms with Crippen molar-refractivity contribution >= 4 is 16.8 Å². The predicted molar refractivity (Wildman–Crippen MR) is 129 cm³/mol. The van der Waals surface area contributed by atoms with Gasteiger partial charge in [-0.25, -0.2) is 4.98 Å². The average molecular weight is 429 g/mol. The van der Waals surface area contributed by atoms with E-state index in [0.29, 0.717) is 11.5 Å². The van der Waals surface area contributed by atoms with E-state index in [-0.39, 0.29) is 18.1 Å². The van der Waals surface area contributed by atoms with Crippen molar-refractivity contribution in [1.29, 1.82) is 0 Å². The molecule has 5 rings (SSSR count). The first kappa shape index (κ1) is 21.0. The highest BCUT2D eigenvalue weighted by Crippen LogP contribution is 2.49. The van der Waals surface area contributed by atoms with Gasteiger partial charge in [0.25, 0.3) is 5.91 Å². The lowest BCUT2D eigenvalue weighted by Crippen LogP contribution is -2.40. The lowest BCUT2D eigenvalue weighted by molar-refractivity contribution is 0.0917. The molecule has 166 valence electrons. The number of nitrogens with one attached hydrogen (secondary N) is 1. The van der Waals surface area contributed by atoms with E-state index >= 15 is 0 Å². The summed E-state index contributed by atoms with van der Waals surface area (Å²) in [5.41, 5.74) is 3.26. The van der Waals surface area contributed by atoms with Crippen LogP contribution in [0.15, 0.2) is 54.6 Å². The Labute approximate surface area is 190 Å². The molecule has 1 heterocycles. The molecule has 0 radical (unpaired) electrons. The van der Waals surface area contributed by atoms with Crippen LogP contribution >= 0.6 is 0 Å². The average Bonchev–Trinajstić information content (AvgIpc) is 3.42. The highest BCUT2D eigenvalue weighted by molar-refractivity contribution is 6.07. The number of pyridine rings is 1. The summed E-state index contributed by atoms with van der Waals surface area (Å²) in [7, 11) is 0. The second-order valence-electron chi connectivity index (χ2n) is 9.87. The Morgan fingerprint density at radius 2 is 1.88 bits per heavy atom. The molecular weight excluding hydrogens is 396 g/mol. The number of ether oxygens (including phenoxy) is 1. The van der Waals surface area contributed by atoms with Gasteiger partial charge in [-0.05, 0) is 82.1 Å². The highest BCUT2D eigenvalue weighted by atomic mass is 16.5. The Morgan fingerprint density at radius 1 is 1.03 bits per heavy atom. The molecule has 32 heavy (non-hydrogen) atoms. The van der Waals surface area contributed by atoms with Crippen molar-refractivity contribution in [3.05, 3.63) is 60.2 Å². The molecule has 1 amide bonds. The summed E-state index contributed by atoms with van der Waals surface area (Å²) in [6, 6.07) is 18.0. The van der Waals surface area contributed by atoms with E-state index in [2.05, 4.69) is 12.2 Å². The number of hydrogen-bond acceptors (Lipinski definition) is 3. The van der Waals surface area contributed by atoms with Gasteiger partial charge in [-0.2, -0.15) is 0 Å². The van der Waals surface area contributed by atoms with Gasteiger partial charge in [0.1, 0.15) is 5.75 Å². The molecule has 4 nitrogen and oxygen atoms in total. The summed E-state index contributed by atoms with van der Waals surface area (Å²) in [6.07, 6.45) is 5.41. The van der Waals surface area contributed by atoms with Crippen molar-refractivity contribution in [3.8, 4) is 17.0 Å². The molecule has 4 unspecified atom stereocenters. The number of benzene rings is 2. The van der Waals surface area contributed by atoms with Crippen molar-refractivity contribution in [2.24, 2.45) is 17.8 Å². The summed E-state index contributed by atoms with van der Waals surface area (Å²) < 4.78 is 5.87. The fourth-order valence-corrected chi connectivity index (χ4v) is 5.81. The molecule has 0 spiro atoms. The zero-order chi connectivity index (χ0) is 22.2. The molecule has 1 N–H and O–H groups in total. The molecule has 2 aliphatic rings. The number of carbonyl (C=O) groups excluding carboxylic acids is 1. The smallest absolute Gasteiger partial charge is 0.252 e. The fourth-order valence-electron chi connectivity index (χ4n) is 5.81. The Hall–Kier alpha value is -2.88. The molecule has 2 aliphatic carbocycles. The number of para-hydroxylation sites is 1. The highest BCUT2D eigenvalue weighted by Gasteiger charge is 2.42. The van der Waals surface area contributed by atoms with Crippen molar-refractivity contribution in [2.75, 3.05) is 0 Å². The van der Waals surface area contributed by atoms with Crippen LogP contribution in [0.1, 0.15) is 56.8 Å². The van der Waals surface area contributed by atoms with Gasteiger partial charge in [-0.3, -0.25) is 4.79 Å². The van der Waals surface area contributed by atoms with Gasteiger partial charge in [-0.15, -0.1) is 0 Å². The molecule has 3 aromatic rings. The summed E-state index contributed by atoms with van der Waals surface area (Å²) in [4.78, 5) is 18.3. The van der Waals surface area contributed by atoms with Crippen LogP contribution in [0, 0.1) is 17.8 Å². The van der Waals surface area contributed by atoms with Crippen LogP contribution in [-0.2, 0) is 0 Å². The van der Waals surface area contributed by atoms with E-state index in [1.807, 2.05) is 68.4 Å². The molecule has 4 heteroatoms. The SMILES string of the molecule is CC(C)Oc1cccc(-c2cc(C(=O)NC(C)C3CC4CCC3C4)c3ccccc3n2)c1. The third kappa shape index (κ3) is 4.11. The van der Waals surface area contributed by atoms with Gasteiger partial charge in [0.2, 0.25) is 0 Å². The topological polar surface area (TPSA) is 51.2 Å². The second-order valence-corrected chi connectivity index (χ2v) is 9.87. The molecule has 1 aromatic heterocycles. The lowest BCUT2D eigenvalue weighted by atomic mass is 9.84. The molecule has 2 bridgehead atoms. The Bertz CT molecular complexity index is 1140. The number of hydrogen-bond donors (Lipinski definition) is 1. The number of fused-ring (bicyclic) bond motifs is 3. The monoisotopic (exact) mass is 428 g/mol. The summed E-state index contributed by atoms with van der Waals surface area (Å²) >= 11 is 0. The number of rotatable bonds is 6. The van der Waals surface area contributed by atoms with Crippen LogP contribution in [-0.4, -0.2) is 23.0 Å². The Morgan fingerprint density at radius 3 is 2.62 bits per heavy atom. The van der Waals surface area contributed by atoms with Crippen molar-refractivity contribution < 1.29 is 9.53 Å². The fraction of sp³-hybridized carbons (Fsp3) is 0.429. The van der Waals surface area contributed by atoms with Gasteiger partial charge < -0.3 is 10.1 Å². The number of carbonyl (C=O) groups is 1. The van der Waals surface area contributed by atoms with Crippen LogP contribution in [0.2, 0.25) is 0 Å². The van der Waals surface area contributed by atoms with Crippen molar-refractivity contribution in [3.63, 3.8) is 0 Å². The summed E-state index contributed by atoms with van der Waals surface area (Å²) in [6.45, 7) is 6.21. The first-order valence-electron chi connectivity index (χ1n) is 12.0. The zero-order valence-corrected chi connectivity index (χ0v) is 19.2. The molecule has 4 atom stereocenters. The van der Waals surface area contributed by atoms with E-state index in [1.165, 1.54) is 25.7 Å².